The molecule has 182 valence electrons. The van der Waals surface area contributed by atoms with Gasteiger partial charge in [0.05, 0.1) is 21.5 Å². The van der Waals surface area contributed by atoms with Crippen molar-refractivity contribution in [3.05, 3.63) is 99.2 Å². The van der Waals surface area contributed by atoms with Crippen LogP contribution in [0, 0.1) is 6.92 Å². The highest BCUT2D eigenvalue weighted by molar-refractivity contribution is 8.14. The first-order valence-electron chi connectivity index (χ1n) is 10.9. The zero-order valence-electron chi connectivity index (χ0n) is 19.4. The van der Waals surface area contributed by atoms with Gasteiger partial charge in [0.2, 0.25) is 5.91 Å². The summed E-state index contributed by atoms with van der Waals surface area (Å²) in [7, 11) is 0. The number of ketones is 1. The van der Waals surface area contributed by atoms with Crippen LogP contribution >= 0.6 is 35.0 Å². The first-order chi connectivity index (χ1) is 17.2. The van der Waals surface area contributed by atoms with Crippen molar-refractivity contribution < 1.29 is 14.4 Å². The minimum Gasteiger partial charge on any atom is -0.325 e. The molecule has 1 N–H and O–H groups in total. The largest absolute Gasteiger partial charge is 0.325 e. The van der Waals surface area contributed by atoms with Gasteiger partial charge in [-0.3, -0.25) is 19.3 Å². The Morgan fingerprint density at radius 3 is 2.50 bits per heavy atom. The van der Waals surface area contributed by atoms with Gasteiger partial charge in [-0.05, 0) is 55.8 Å². The number of hydrogen-bond donors (Lipinski definition) is 1. The Morgan fingerprint density at radius 1 is 1.06 bits per heavy atom. The second kappa shape index (κ2) is 11.1. The molecule has 9 heteroatoms. The summed E-state index contributed by atoms with van der Waals surface area (Å²) in [4.78, 5) is 43.6. The van der Waals surface area contributed by atoms with Crippen molar-refractivity contribution in [1.82, 2.24) is 0 Å². The summed E-state index contributed by atoms with van der Waals surface area (Å²) in [5.41, 5.74) is 3.44. The number of thioether (sulfide) groups is 1. The average molecular weight is 538 g/mol. The summed E-state index contributed by atoms with van der Waals surface area (Å²) in [5.74, 6) is -0.724. The molecule has 0 bridgehead atoms. The van der Waals surface area contributed by atoms with Crippen LogP contribution in [0.5, 0.6) is 0 Å². The number of hydrogen-bond acceptors (Lipinski definition) is 5. The molecule has 0 aliphatic carbocycles. The Kier molecular flexibility index (Phi) is 7.94. The molecule has 36 heavy (non-hydrogen) atoms. The molecule has 0 saturated heterocycles. The van der Waals surface area contributed by atoms with Crippen LogP contribution in [0.25, 0.3) is 6.08 Å². The van der Waals surface area contributed by atoms with Crippen LogP contribution in [-0.4, -0.2) is 28.5 Å². The number of carbonyl (C=O) groups is 3. The number of carbonyl (C=O) groups excluding carboxylic acids is 3. The normalized spacial score (nSPS) is 14.2. The van der Waals surface area contributed by atoms with Gasteiger partial charge in [-0.2, -0.15) is 0 Å². The third-order valence-electron chi connectivity index (χ3n) is 5.28. The van der Waals surface area contributed by atoms with Crippen LogP contribution in [0.15, 0.2) is 77.4 Å². The molecule has 0 spiro atoms. The molecule has 0 unspecified atom stereocenters. The maximum atomic E-state index is 13.4. The highest BCUT2D eigenvalue weighted by Gasteiger charge is 2.32. The molecule has 3 aromatic carbocycles. The van der Waals surface area contributed by atoms with Gasteiger partial charge in [0, 0.05) is 11.3 Å². The predicted octanol–water partition coefficient (Wildman–Crippen LogP) is 6.62. The molecule has 1 heterocycles. The number of anilines is 2. The van der Waals surface area contributed by atoms with E-state index in [1.54, 1.807) is 48.5 Å². The van der Waals surface area contributed by atoms with Crippen molar-refractivity contribution in [3.8, 4) is 0 Å². The number of nitrogens with one attached hydrogen (secondary N) is 1. The van der Waals surface area contributed by atoms with Crippen molar-refractivity contribution >= 4 is 75.2 Å². The van der Waals surface area contributed by atoms with E-state index in [1.807, 2.05) is 31.2 Å². The number of halogens is 2. The monoisotopic (exact) mass is 537 g/mol. The third kappa shape index (κ3) is 5.87. The van der Waals surface area contributed by atoms with E-state index in [9.17, 15) is 14.4 Å². The van der Waals surface area contributed by atoms with Crippen molar-refractivity contribution in [2.24, 2.45) is 4.99 Å². The van der Waals surface area contributed by atoms with E-state index in [-0.39, 0.29) is 29.0 Å². The number of amides is 2. The number of benzene rings is 3. The molecule has 2 amide bonds. The van der Waals surface area contributed by atoms with Crippen molar-refractivity contribution in [2.75, 3.05) is 16.0 Å². The van der Waals surface area contributed by atoms with Crippen molar-refractivity contribution in [2.45, 2.75) is 13.8 Å². The second-order valence-corrected chi connectivity index (χ2v) is 9.74. The lowest BCUT2D eigenvalue weighted by molar-refractivity contribution is -0.114. The standard InChI is InChI=1S/C27H21Cl2N3O3S/c1-16-9-11-21(12-10-16)32-26(35)23(14-19-6-4-8-22(28)25(19)29)31-27(32)36-15-24(34)30-20-7-3-5-18(13-20)17(2)33/h3-14H,15H2,1-2H3,(H,30,34)/b23-14+. The van der Waals surface area contributed by atoms with Gasteiger partial charge in [0.1, 0.15) is 5.70 Å². The van der Waals surface area contributed by atoms with E-state index < -0.39 is 0 Å². The SMILES string of the molecule is CC(=O)c1cccc(NC(=O)CSC2=N/C(=C/c3cccc(Cl)c3Cl)C(=O)N2c2ccc(C)cc2)c1. The maximum Gasteiger partial charge on any atom is 0.283 e. The summed E-state index contributed by atoms with van der Waals surface area (Å²) in [5, 5.41) is 3.84. The summed E-state index contributed by atoms with van der Waals surface area (Å²) in [6.07, 6.45) is 1.58. The van der Waals surface area contributed by atoms with E-state index in [0.717, 1.165) is 17.3 Å². The van der Waals surface area contributed by atoms with Crippen LogP contribution in [0.2, 0.25) is 10.0 Å². The molecule has 6 nitrogen and oxygen atoms in total. The van der Waals surface area contributed by atoms with E-state index in [2.05, 4.69) is 10.3 Å². The first-order valence-corrected chi connectivity index (χ1v) is 12.7. The molecular formula is C27H21Cl2N3O3S. The van der Waals surface area contributed by atoms with Gasteiger partial charge >= 0.3 is 0 Å². The van der Waals surface area contributed by atoms with E-state index in [1.165, 1.54) is 11.8 Å². The lowest BCUT2D eigenvalue weighted by atomic mass is 10.1. The Bertz CT molecular complexity index is 1420. The fraction of sp³-hybridized carbons (Fsp3) is 0.111. The summed E-state index contributed by atoms with van der Waals surface area (Å²) >= 11 is 13.6. The molecule has 1 aliphatic rings. The number of aryl methyl sites for hydroxylation is 1. The molecular weight excluding hydrogens is 517 g/mol. The quantitative estimate of drug-likeness (QED) is 0.283. The van der Waals surface area contributed by atoms with E-state index in [0.29, 0.717) is 37.7 Å². The fourth-order valence-electron chi connectivity index (χ4n) is 3.44. The summed E-state index contributed by atoms with van der Waals surface area (Å²) in [6.45, 7) is 3.42. The number of rotatable bonds is 6. The first kappa shape index (κ1) is 25.7. The topological polar surface area (TPSA) is 78.8 Å². The van der Waals surface area contributed by atoms with Gasteiger partial charge in [-0.1, -0.05) is 76.9 Å². The molecule has 0 aromatic heterocycles. The lowest BCUT2D eigenvalue weighted by Crippen LogP contribution is -2.31. The average Bonchev–Trinajstić information content (AvgIpc) is 3.16. The second-order valence-electron chi connectivity index (χ2n) is 8.02. The van der Waals surface area contributed by atoms with Crippen LogP contribution in [0.3, 0.4) is 0 Å². The smallest absolute Gasteiger partial charge is 0.283 e. The Balaban J connectivity index is 1.58. The Hall–Kier alpha value is -3.39. The summed E-state index contributed by atoms with van der Waals surface area (Å²) in [6, 6.07) is 19.3. The van der Waals surface area contributed by atoms with Gasteiger partial charge < -0.3 is 5.32 Å². The summed E-state index contributed by atoms with van der Waals surface area (Å²) < 4.78 is 0. The number of Topliss-reactive ketones (excluding diaryl/α,β-unsaturated/α-hetero) is 1. The molecule has 0 atom stereocenters. The van der Waals surface area contributed by atoms with Gasteiger partial charge in [0.15, 0.2) is 11.0 Å². The Morgan fingerprint density at radius 2 is 1.78 bits per heavy atom. The molecule has 1 aliphatic heterocycles. The zero-order valence-corrected chi connectivity index (χ0v) is 21.7. The maximum absolute atomic E-state index is 13.4. The highest BCUT2D eigenvalue weighted by atomic mass is 35.5. The molecule has 3 aromatic rings. The molecule has 0 fully saturated rings. The minimum absolute atomic E-state index is 0.00394. The van der Waals surface area contributed by atoms with Crippen molar-refractivity contribution in [3.63, 3.8) is 0 Å². The molecule has 0 saturated carbocycles. The lowest BCUT2D eigenvalue weighted by Gasteiger charge is -2.18. The minimum atomic E-state index is -0.341. The number of nitrogens with zero attached hydrogens (tertiary/aromatic N) is 2. The molecule has 0 radical (unpaired) electrons. The van der Waals surface area contributed by atoms with Crippen LogP contribution in [0.1, 0.15) is 28.4 Å². The third-order valence-corrected chi connectivity index (χ3v) is 7.05. The number of aliphatic imine (C=N–C) groups is 1. The Labute approximate surface area is 223 Å². The van der Waals surface area contributed by atoms with Gasteiger partial charge in [-0.25, -0.2) is 4.99 Å². The van der Waals surface area contributed by atoms with E-state index >= 15 is 0 Å². The molecule has 4 rings (SSSR count). The van der Waals surface area contributed by atoms with E-state index in [4.69, 9.17) is 23.2 Å². The van der Waals surface area contributed by atoms with Crippen molar-refractivity contribution in [1.29, 1.82) is 0 Å². The number of amidine groups is 1. The van der Waals surface area contributed by atoms with Crippen LogP contribution in [-0.2, 0) is 9.59 Å². The fourth-order valence-corrected chi connectivity index (χ4v) is 4.61. The van der Waals surface area contributed by atoms with Crippen LogP contribution < -0.4 is 10.2 Å². The van der Waals surface area contributed by atoms with Gasteiger partial charge in [-0.15, -0.1) is 0 Å². The van der Waals surface area contributed by atoms with Gasteiger partial charge in [0.25, 0.3) is 5.91 Å². The zero-order chi connectivity index (χ0) is 25.8. The predicted molar refractivity (Wildman–Crippen MR) is 148 cm³/mol. The highest BCUT2D eigenvalue weighted by Crippen LogP contribution is 2.32. The van der Waals surface area contributed by atoms with Crippen LogP contribution in [0.4, 0.5) is 11.4 Å².